The molecule has 0 fully saturated rings. The van der Waals surface area contributed by atoms with Crippen molar-refractivity contribution in [3.05, 3.63) is 101 Å². The second kappa shape index (κ2) is 12.4. The minimum absolute atomic E-state index is 0.0661. The Bertz CT molecular complexity index is 1730. The highest BCUT2D eigenvalue weighted by Gasteiger charge is 2.14. The van der Waals surface area contributed by atoms with E-state index in [0.29, 0.717) is 55.8 Å². The Morgan fingerprint density at radius 3 is 2.68 bits per heavy atom. The number of hydrogen-bond donors (Lipinski definition) is 3. The molecule has 3 aromatic carbocycles. The zero-order valence-electron chi connectivity index (χ0n) is 21.8. The van der Waals surface area contributed by atoms with Crippen LogP contribution in [0.2, 0.25) is 5.02 Å². The van der Waals surface area contributed by atoms with Crippen molar-refractivity contribution in [2.75, 3.05) is 17.2 Å². The van der Waals surface area contributed by atoms with Crippen molar-refractivity contribution in [2.24, 2.45) is 0 Å². The van der Waals surface area contributed by atoms with E-state index >= 15 is 0 Å². The lowest BCUT2D eigenvalue weighted by molar-refractivity contribution is -0.116. The van der Waals surface area contributed by atoms with Crippen LogP contribution in [0.3, 0.4) is 0 Å². The minimum Gasteiger partial charge on any atom is -0.487 e. The van der Waals surface area contributed by atoms with Gasteiger partial charge < -0.3 is 25.2 Å². The Labute approximate surface area is 238 Å². The molecule has 0 atom stereocenters. The van der Waals surface area contributed by atoms with E-state index in [1.807, 2.05) is 0 Å². The second-order valence-corrected chi connectivity index (χ2v) is 9.40. The highest BCUT2D eigenvalue weighted by Crippen LogP contribution is 2.31. The maximum atomic E-state index is 13.4. The summed E-state index contributed by atoms with van der Waals surface area (Å²) in [6.45, 7) is 1.95. The number of anilines is 3. The van der Waals surface area contributed by atoms with Gasteiger partial charge in [-0.2, -0.15) is 0 Å². The molecule has 5 aromatic rings. The van der Waals surface area contributed by atoms with Crippen molar-refractivity contribution < 1.29 is 23.2 Å². The summed E-state index contributed by atoms with van der Waals surface area (Å²) in [6.07, 6.45) is 2.83. The molecule has 0 unspecified atom stereocenters. The average Bonchev–Trinajstić information content (AvgIpc) is 3.39. The van der Waals surface area contributed by atoms with Crippen LogP contribution in [0.25, 0.3) is 10.9 Å². The molecule has 5 rings (SSSR count). The molecule has 0 spiro atoms. The van der Waals surface area contributed by atoms with Gasteiger partial charge in [0.15, 0.2) is 0 Å². The molecule has 0 bridgehead atoms. The quantitative estimate of drug-likeness (QED) is 0.191. The van der Waals surface area contributed by atoms with Gasteiger partial charge >= 0.3 is 0 Å². The second-order valence-electron chi connectivity index (χ2n) is 8.99. The van der Waals surface area contributed by atoms with Crippen molar-refractivity contribution in [2.45, 2.75) is 20.0 Å². The number of carbonyl (C=O) groups is 2. The van der Waals surface area contributed by atoms with Gasteiger partial charge in [-0.3, -0.25) is 9.59 Å². The van der Waals surface area contributed by atoms with Crippen molar-refractivity contribution in [3.8, 4) is 5.75 Å². The third-order valence-corrected chi connectivity index (χ3v) is 6.33. The van der Waals surface area contributed by atoms with Gasteiger partial charge in [0.25, 0.3) is 5.91 Å². The highest BCUT2D eigenvalue weighted by atomic mass is 35.5. The van der Waals surface area contributed by atoms with Crippen LogP contribution in [-0.4, -0.2) is 33.5 Å². The summed E-state index contributed by atoms with van der Waals surface area (Å²) in [4.78, 5) is 33.3. The SMILES string of the molecule is Cc1oncc1C(=O)NCCC(=O)Nc1ccc2ncnc(Nc3ccc(OCc4cccc(F)c4)c(Cl)c3)c2c1. The van der Waals surface area contributed by atoms with Gasteiger partial charge in [-0.05, 0) is 61.0 Å². The number of aromatic nitrogens is 3. The van der Waals surface area contributed by atoms with Crippen molar-refractivity contribution in [1.82, 2.24) is 20.4 Å². The molecule has 0 saturated carbocycles. The summed E-state index contributed by atoms with van der Waals surface area (Å²) in [5.74, 6) is 0.389. The number of nitrogens with zero attached hydrogens (tertiary/aromatic N) is 3. The van der Waals surface area contributed by atoms with E-state index < -0.39 is 0 Å². The first-order chi connectivity index (χ1) is 19.9. The Morgan fingerprint density at radius 2 is 1.90 bits per heavy atom. The normalized spacial score (nSPS) is 10.8. The van der Waals surface area contributed by atoms with E-state index in [2.05, 4.69) is 31.1 Å². The lowest BCUT2D eigenvalue weighted by atomic mass is 10.2. The van der Waals surface area contributed by atoms with E-state index in [1.54, 1.807) is 55.5 Å². The maximum Gasteiger partial charge on any atom is 0.256 e. The molecule has 41 heavy (non-hydrogen) atoms. The first kappa shape index (κ1) is 27.5. The molecule has 2 aromatic heterocycles. The fourth-order valence-electron chi connectivity index (χ4n) is 3.98. The average molecular weight is 575 g/mol. The summed E-state index contributed by atoms with van der Waals surface area (Å²) in [6, 6.07) is 16.6. The van der Waals surface area contributed by atoms with E-state index in [0.717, 1.165) is 0 Å². The number of benzene rings is 3. The summed E-state index contributed by atoms with van der Waals surface area (Å²) in [5.41, 5.74) is 2.87. The summed E-state index contributed by atoms with van der Waals surface area (Å²) >= 11 is 6.44. The van der Waals surface area contributed by atoms with Crippen LogP contribution in [0, 0.1) is 12.7 Å². The standard InChI is InChI=1S/C29H24ClFN6O4/c1-17-23(14-35-41-17)29(39)32-10-9-27(38)36-20-5-7-25-22(12-20)28(34-16-33-25)37-21-6-8-26(24(30)13-21)40-15-18-3-2-4-19(31)11-18/h2-8,11-14,16H,9-10,15H2,1H3,(H,32,39)(H,36,38)(H,33,34,37). The molecule has 2 heterocycles. The van der Waals surface area contributed by atoms with Crippen molar-refractivity contribution in [1.29, 1.82) is 0 Å². The third-order valence-electron chi connectivity index (χ3n) is 6.03. The molecule has 3 N–H and O–H groups in total. The molecule has 12 heteroatoms. The molecule has 2 amide bonds. The summed E-state index contributed by atoms with van der Waals surface area (Å²) < 4.78 is 24.1. The number of fused-ring (bicyclic) bond motifs is 1. The Kier molecular flexibility index (Phi) is 8.35. The van der Waals surface area contributed by atoms with E-state index in [4.69, 9.17) is 20.9 Å². The molecule has 208 valence electrons. The third kappa shape index (κ3) is 6.95. The van der Waals surface area contributed by atoms with Crippen LogP contribution in [-0.2, 0) is 11.4 Å². The van der Waals surface area contributed by atoms with E-state index in [1.165, 1.54) is 24.7 Å². The van der Waals surface area contributed by atoms with E-state index in [9.17, 15) is 14.0 Å². The van der Waals surface area contributed by atoms with Gasteiger partial charge in [-0.25, -0.2) is 14.4 Å². The fourth-order valence-corrected chi connectivity index (χ4v) is 4.21. The van der Waals surface area contributed by atoms with Crippen LogP contribution in [0.5, 0.6) is 5.75 Å². The minimum atomic E-state index is -0.360. The summed E-state index contributed by atoms with van der Waals surface area (Å²) in [5, 5.41) is 13.3. The largest absolute Gasteiger partial charge is 0.487 e. The number of rotatable bonds is 10. The van der Waals surface area contributed by atoms with Crippen LogP contribution in [0.1, 0.15) is 28.1 Å². The molecular weight excluding hydrogens is 551 g/mol. The van der Waals surface area contributed by atoms with Gasteiger partial charge in [0.2, 0.25) is 5.91 Å². The van der Waals surface area contributed by atoms with Gasteiger partial charge in [-0.15, -0.1) is 0 Å². The molecule has 0 saturated heterocycles. The Balaban J connectivity index is 1.22. The van der Waals surface area contributed by atoms with Crippen molar-refractivity contribution in [3.63, 3.8) is 0 Å². The van der Waals surface area contributed by atoms with Crippen LogP contribution in [0.4, 0.5) is 21.6 Å². The smallest absolute Gasteiger partial charge is 0.256 e. The first-order valence-electron chi connectivity index (χ1n) is 12.5. The Morgan fingerprint density at radius 1 is 1.05 bits per heavy atom. The molecule has 10 nitrogen and oxygen atoms in total. The molecule has 0 aliphatic heterocycles. The lowest BCUT2D eigenvalue weighted by Crippen LogP contribution is -2.27. The van der Waals surface area contributed by atoms with Crippen LogP contribution >= 0.6 is 11.6 Å². The number of hydrogen-bond acceptors (Lipinski definition) is 8. The van der Waals surface area contributed by atoms with Gasteiger partial charge in [0.1, 0.15) is 41.6 Å². The number of halogens is 2. The number of nitrogens with one attached hydrogen (secondary N) is 3. The highest BCUT2D eigenvalue weighted by molar-refractivity contribution is 6.32. The van der Waals surface area contributed by atoms with Crippen LogP contribution in [0.15, 0.2) is 77.7 Å². The zero-order valence-corrected chi connectivity index (χ0v) is 22.5. The van der Waals surface area contributed by atoms with Gasteiger partial charge in [0, 0.05) is 29.7 Å². The topological polar surface area (TPSA) is 131 Å². The predicted octanol–water partition coefficient (Wildman–Crippen LogP) is 5.80. The predicted molar refractivity (Wildman–Crippen MR) is 152 cm³/mol. The molecule has 0 aliphatic carbocycles. The van der Waals surface area contributed by atoms with Crippen LogP contribution < -0.4 is 20.7 Å². The lowest BCUT2D eigenvalue weighted by Gasteiger charge is -2.13. The van der Waals surface area contributed by atoms with E-state index in [-0.39, 0.29) is 37.2 Å². The van der Waals surface area contributed by atoms with Gasteiger partial charge in [0.05, 0.1) is 16.7 Å². The molecule has 0 aliphatic rings. The maximum absolute atomic E-state index is 13.4. The Hall–Kier alpha value is -5.03. The monoisotopic (exact) mass is 574 g/mol. The van der Waals surface area contributed by atoms with Crippen molar-refractivity contribution >= 4 is 51.5 Å². The molecule has 0 radical (unpaired) electrons. The number of carbonyl (C=O) groups excluding carboxylic acids is 2. The zero-order chi connectivity index (χ0) is 28.8. The fraction of sp³-hybridized carbons (Fsp3) is 0.138. The van der Waals surface area contributed by atoms with Gasteiger partial charge in [-0.1, -0.05) is 28.9 Å². The number of aryl methyl sites for hydroxylation is 1. The first-order valence-corrected chi connectivity index (χ1v) is 12.9. The summed E-state index contributed by atoms with van der Waals surface area (Å²) in [7, 11) is 0. The number of ether oxygens (including phenoxy) is 1. The molecular formula is C29H24ClFN6O4. The number of amides is 2.